The number of benzene rings is 1. The first-order valence-corrected chi connectivity index (χ1v) is 7.85. The number of hydrogen-bond acceptors (Lipinski definition) is 5. The van der Waals surface area contributed by atoms with Gasteiger partial charge in [-0.2, -0.15) is 4.98 Å². The lowest BCUT2D eigenvalue weighted by molar-refractivity contribution is 0.221. The smallest absolute Gasteiger partial charge is 0.226 e. The largest absolute Gasteiger partial charge is 0.480 e. The standard InChI is InChI=1S/C19H21N3O2/c1-19(2,3)18-21-15-13(16(23)12-8-6-5-7-9-12)10-20-11-14(15)17(22-18)24-4/h5-11,16,23H,1-4H3. The van der Waals surface area contributed by atoms with Crippen LogP contribution in [-0.2, 0) is 5.41 Å². The second kappa shape index (κ2) is 6.17. The number of aliphatic hydroxyl groups excluding tert-OH is 1. The van der Waals surface area contributed by atoms with Gasteiger partial charge in [0.05, 0.1) is 18.0 Å². The summed E-state index contributed by atoms with van der Waals surface area (Å²) in [6.07, 6.45) is 2.51. The summed E-state index contributed by atoms with van der Waals surface area (Å²) in [4.78, 5) is 13.5. The fourth-order valence-electron chi connectivity index (χ4n) is 2.54. The lowest BCUT2D eigenvalue weighted by atomic mass is 9.95. The number of nitrogens with zero attached hydrogens (tertiary/aromatic N) is 3. The second-order valence-corrected chi connectivity index (χ2v) is 6.74. The van der Waals surface area contributed by atoms with Crippen LogP contribution in [0.5, 0.6) is 5.88 Å². The van der Waals surface area contributed by atoms with Crippen LogP contribution in [0.25, 0.3) is 10.9 Å². The number of fused-ring (bicyclic) bond motifs is 1. The molecule has 3 aromatic rings. The van der Waals surface area contributed by atoms with Crippen LogP contribution >= 0.6 is 0 Å². The van der Waals surface area contributed by atoms with Gasteiger partial charge in [-0.05, 0) is 5.56 Å². The highest BCUT2D eigenvalue weighted by atomic mass is 16.5. The van der Waals surface area contributed by atoms with E-state index in [0.29, 0.717) is 28.2 Å². The highest BCUT2D eigenvalue weighted by molar-refractivity contribution is 5.86. The fourth-order valence-corrected chi connectivity index (χ4v) is 2.54. The van der Waals surface area contributed by atoms with E-state index in [-0.39, 0.29) is 5.41 Å². The van der Waals surface area contributed by atoms with Gasteiger partial charge < -0.3 is 9.84 Å². The van der Waals surface area contributed by atoms with Gasteiger partial charge in [-0.3, -0.25) is 4.98 Å². The van der Waals surface area contributed by atoms with Crippen LogP contribution in [-0.4, -0.2) is 27.2 Å². The molecule has 0 amide bonds. The molecule has 0 bridgehead atoms. The Morgan fingerprint density at radius 1 is 1.04 bits per heavy atom. The number of ether oxygens (including phenoxy) is 1. The Hall–Kier alpha value is -2.53. The van der Waals surface area contributed by atoms with Crippen molar-refractivity contribution < 1.29 is 9.84 Å². The van der Waals surface area contributed by atoms with E-state index < -0.39 is 6.10 Å². The normalized spacial score (nSPS) is 13.0. The van der Waals surface area contributed by atoms with E-state index in [1.165, 1.54) is 0 Å². The molecule has 1 unspecified atom stereocenters. The molecule has 0 spiro atoms. The van der Waals surface area contributed by atoms with Crippen molar-refractivity contribution in [2.24, 2.45) is 0 Å². The average Bonchev–Trinajstić information content (AvgIpc) is 2.59. The van der Waals surface area contributed by atoms with E-state index in [1.807, 2.05) is 51.1 Å². The highest BCUT2D eigenvalue weighted by Gasteiger charge is 2.23. The molecule has 1 N–H and O–H groups in total. The molecule has 124 valence electrons. The van der Waals surface area contributed by atoms with Crippen molar-refractivity contribution in [2.75, 3.05) is 7.11 Å². The Morgan fingerprint density at radius 2 is 1.75 bits per heavy atom. The Kier molecular flexibility index (Phi) is 4.20. The zero-order valence-electron chi connectivity index (χ0n) is 14.3. The molecule has 0 saturated heterocycles. The predicted molar refractivity (Wildman–Crippen MR) is 93.1 cm³/mol. The van der Waals surface area contributed by atoms with E-state index in [2.05, 4.69) is 9.97 Å². The van der Waals surface area contributed by atoms with Gasteiger partial charge in [0.15, 0.2) is 0 Å². The second-order valence-electron chi connectivity index (χ2n) is 6.74. The summed E-state index contributed by atoms with van der Waals surface area (Å²) < 4.78 is 5.43. The van der Waals surface area contributed by atoms with Crippen molar-refractivity contribution in [3.63, 3.8) is 0 Å². The van der Waals surface area contributed by atoms with Gasteiger partial charge in [0, 0.05) is 23.4 Å². The lowest BCUT2D eigenvalue weighted by Crippen LogP contribution is -2.17. The van der Waals surface area contributed by atoms with Crippen molar-refractivity contribution in [1.29, 1.82) is 0 Å². The van der Waals surface area contributed by atoms with Crippen LogP contribution in [0.1, 0.15) is 43.8 Å². The Labute approximate surface area is 141 Å². The van der Waals surface area contributed by atoms with E-state index in [1.54, 1.807) is 19.5 Å². The molecule has 0 saturated carbocycles. The summed E-state index contributed by atoms with van der Waals surface area (Å²) >= 11 is 0. The molecule has 0 fully saturated rings. The molecule has 2 aromatic heterocycles. The average molecular weight is 323 g/mol. The maximum Gasteiger partial charge on any atom is 0.226 e. The summed E-state index contributed by atoms with van der Waals surface area (Å²) in [6, 6.07) is 9.47. The quantitative estimate of drug-likeness (QED) is 0.800. The van der Waals surface area contributed by atoms with Crippen LogP contribution in [0.15, 0.2) is 42.7 Å². The number of aliphatic hydroxyl groups is 1. The van der Waals surface area contributed by atoms with Crippen LogP contribution < -0.4 is 4.74 Å². The molecular weight excluding hydrogens is 302 g/mol. The summed E-state index contributed by atoms with van der Waals surface area (Å²) in [5, 5.41) is 11.5. The first kappa shape index (κ1) is 16.3. The minimum atomic E-state index is -0.810. The molecular formula is C19H21N3O2. The monoisotopic (exact) mass is 323 g/mol. The van der Waals surface area contributed by atoms with Crippen LogP contribution in [0.2, 0.25) is 0 Å². The zero-order chi connectivity index (χ0) is 17.3. The summed E-state index contributed by atoms with van der Waals surface area (Å²) in [7, 11) is 1.58. The zero-order valence-corrected chi connectivity index (χ0v) is 14.3. The van der Waals surface area contributed by atoms with Gasteiger partial charge >= 0.3 is 0 Å². The van der Waals surface area contributed by atoms with Gasteiger partial charge in [0.1, 0.15) is 11.9 Å². The van der Waals surface area contributed by atoms with Crippen molar-refractivity contribution in [1.82, 2.24) is 15.0 Å². The molecule has 5 heteroatoms. The third-order valence-corrected chi connectivity index (χ3v) is 3.88. The van der Waals surface area contributed by atoms with Crippen molar-refractivity contribution in [3.05, 3.63) is 59.7 Å². The Balaban J connectivity index is 2.25. The van der Waals surface area contributed by atoms with Gasteiger partial charge in [-0.15, -0.1) is 0 Å². The molecule has 0 aliphatic rings. The maximum absolute atomic E-state index is 10.8. The highest BCUT2D eigenvalue weighted by Crippen LogP contribution is 2.32. The summed E-state index contributed by atoms with van der Waals surface area (Å²) in [5.74, 6) is 1.14. The molecule has 5 nitrogen and oxygen atoms in total. The van der Waals surface area contributed by atoms with E-state index in [0.717, 1.165) is 5.56 Å². The molecule has 0 radical (unpaired) electrons. The number of aromatic nitrogens is 3. The predicted octanol–water partition coefficient (Wildman–Crippen LogP) is 3.41. The molecule has 2 heterocycles. The Bertz CT molecular complexity index is 858. The maximum atomic E-state index is 10.8. The number of rotatable bonds is 3. The molecule has 24 heavy (non-hydrogen) atoms. The Morgan fingerprint density at radius 3 is 2.38 bits per heavy atom. The van der Waals surface area contributed by atoms with Crippen molar-refractivity contribution in [3.8, 4) is 5.88 Å². The first-order chi connectivity index (χ1) is 11.4. The van der Waals surface area contributed by atoms with Crippen LogP contribution in [0.3, 0.4) is 0 Å². The third kappa shape index (κ3) is 2.95. The fraction of sp³-hybridized carbons (Fsp3) is 0.316. The van der Waals surface area contributed by atoms with Crippen molar-refractivity contribution in [2.45, 2.75) is 32.3 Å². The SMILES string of the molecule is COc1nc(C(C)(C)C)nc2c(C(O)c3ccccc3)cncc12. The topological polar surface area (TPSA) is 68.1 Å². The van der Waals surface area contributed by atoms with Gasteiger partial charge in [0.2, 0.25) is 5.88 Å². The van der Waals surface area contributed by atoms with Gasteiger partial charge in [-0.25, -0.2) is 4.98 Å². The molecule has 3 rings (SSSR count). The molecule has 0 aliphatic carbocycles. The summed E-state index contributed by atoms with van der Waals surface area (Å²) in [5.41, 5.74) is 1.87. The van der Waals surface area contributed by atoms with Crippen molar-refractivity contribution >= 4 is 10.9 Å². The minimum Gasteiger partial charge on any atom is -0.480 e. The number of pyridine rings is 1. The molecule has 1 atom stereocenters. The molecule has 0 aliphatic heterocycles. The number of hydrogen-bond donors (Lipinski definition) is 1. The first-order valence-electron chi connectivity index (χ1n) is 7.85. The van der Waals surface area contributed by atoms with E-state index >= 15 is 0 Å². The third-order valence-electron chi connectivity index (χ3n) is 3.88. The van der Waals surface area contributed by atoms with Crippen LogP contribution in [0.4, 0.5) is 0 Å². The number of methoxy groups -OCH3 is 1. The van der Waals surface area contributed by atoms with Crippen LogP contribution in [0, 0.1) is 0 Å². The minimum absolute atomic E-state index is 0.236. The van der Waals surface area contributed by atoms with Gasteiger partial charge in [0.25, 0.3) is 0 Å². The van der Waals surface area contributed by atoms with E-state index in [9.17, 15) is 5.11 Å². The summed E-state index contributed by atoms with van der Waals surface area (Å²) in [6.45, 7) is 6.13. The lowest BCUT2D eigenvalue weighted by Gasteiger charge is -2.20. The van der Waals surface area contributed by atoms with E-state index in [4.69, 9.17) is 9.72 Å². The molecule has 1 aromatic carbocycles. The van der Waals surface area contributed by atoms with Gasteiger partial charge in [-0.1, -0.05) is 51.1 Å².